The van der Waals surface area contributed by atoms with Crippen LogP contribution in [-0.2, 0) is 6.54 Å². The second-order valence-corrected chi connectivity index (χ2v) is 8.13. The lowest BCUT2D eigenvalue weighted by atomic mass is 9.83. The number of hydrogen-bond donors (Lipinski definition) is 0. The average Bonchev–Trinajstić information content (AvgIpc) is 3.17. The Bertz CT molecular complexity index is 1180. The first-order valence-corrected chi connectivity index (χ1v) is 9.90. The summed E-state index contributed by atoms with van der Waals surface area (Å²) in [6.45, 7) is 1.88. The van der Waals surface area contributed by atoms with E-state index in [0.717, 1.165) is 24.3 Å². The maximum atomic E-state index is 6.28. The molecule has 4 nitrogen and oxygen atoms in total. The third-order valence-electron chi connectivity index (χ3n) is 5.41. The molecule has 2 aromatic carbocycles. The molecule has 0 radical (unpaired) electrons. The molecule has 5 rings (SSSR count). The van der Waals surface area contributed by atoms with E-state index in [2.05, 4.69) is 52.4 Å². The van der Waals surface area contributed by atoms with Gasteiger partial charge in [0.1, 0.15) is 6.33 Å². The summed E-state index contributed by atoms with van der Waals surface area (Å²) in [6.07, 6.45) is 3.59. The molecule has 1 aliphatic heterocycles. The summed E-state index contributed by atoms with van der Waals surface area (Å²) in [6, 6.07) is 16.8. The summed E-state index contributed by atoms with van der Waals surface area (Å²) < 4.78 is 1.80. The number of nitrogens with zero attached hydrogens (tertiary/aromatic N) is 4. The first kappa shape index (κ1) is 17.7. The van der Waals surface area contributed by atoms with Gasteiger partial charge in [-0.2, -0.15) is 5.10 Å². The molecule has 0 saturated heterocycles. The Kier molecular flexibility index (Phi) is 4.35. The van der Waals surface area contributed by atoms with Crippen molar-refractivity contribution >= 4 is 28.8 Å². The fraction of sp³-hybridized carbons (Fsp3) is 0.182. The molecule has 0 N–H and O–H groups in total. The molecule has 3 heterocycles. The van der Waals surface area contributed by atoms with Gasteiger partial charge in [0.2, 0.25) is 0 Å². The van der Waals surface area contributed by atoms with Crippen LogP contribution < -0.4 is 0 Å². The molecule has 0 bridgehead atoms. The molecular formula is C22H18Cl2N4. The second kappa shape index (κ2) is 6.89. The van der Waals surface area contributed by atoms with E-state index in [1.165, 1.54) is 22.3 Å². The van der Waals surface area contributed by atoms with Crippen molar-refractivity contribution in [1.29, 1.82) is 0 Å². The lowest BCUT2D eigenvalue weighted by Crippen LogP contribution is -2.31. The molecule has 0 fully saturated rings. The molecule has 28 heavy (non-hydrogen) atoms. The predicted octanol–water partition coefficient (Wildman–Crippen LogP) is 5.28. The van der Waals surface area contributed by atoms with Crippen molar-refractivity contribution in [2.24, 2.45) is 0 Å². The summed E-state index contributed by atoms with van der Waals surface area (Å²) in [5, 5.41) is 5.44. The van der Waals surface area contributed by atoms with Crippen LogP contribution in [0.1, 0.15) is 22.6 Å². The summed E-state index contributed by atoms with van der Waals surface area (Å²) in [4.78, 5) is 6.56. The molecule has 0 aliphatic carbocycles. The quantitative estimate of drug-likeness (QED) is 0.452. The molecule has 6 heteroatoms. The summed E-state index contributed by atoms with van der Waals surface area (Å²) in [7, 11) is 2.15. The number of hydrogen-bond acceptors (Lipinski definition) is 3. The van der Waals surface area contributed by atoms with Gasteiger partial charge < -0.3 is 4.90 Å². The monoisotopic (exact) mass is 408 g/mol. The first-order valence-electron chi connectivity index (χ1n) is 9.14. The van der Waals surface area contributed by atoms with Crippen LogP contribution in [0.25, 0.3) is 16.8 Å². The van der Waals surface area contributed by atoms with Crippen LogP contribution >= 0.6 is 23.2 Å². The van der Waals surface area contributed by atoms with Crippen molar-refractivity contribution < 1.29 is 0 Å². The fourth-order valence-electron chi connectivity index (χ4n) is 4.03. The van der Waals surface area contributed by atoms with E-state index >= 15 is 0 Å². The molecule has 1 aliphatic rings. The van der Waals surface area contributed by atoms with Gasteiger partial charge in [-0.05, 0) is 59.6 Å². The van der Waals surface area contributed by atoms with Crippen molar-refractivity contribution in [3.63, 3.8) is 0 Å². The van der Waals surface area contributed by atoms with Crippen molar-refractivity contribution in [1.82, 2.24) is 19.5 Å². The summed E-state index contributed by atoms with van der Waals surface area (Å²) >= 11 is 12.4. The molecular weight excluding hydrogens is 391 g/mol. The number of aromatic nitrogens is 3. The third-order valence-corrected chi connectivity index (χ3v) is 6.15. The number of likely N-dealkylation sites (N-methyl/N-ethyl adjacent to an activating group) is 1. The Morgan fingerprint density at radius 3 is 2.68 bits per heavy atom. The Balaban J connectivity index is 1.57. The van der Waals surface area contributed by atoms with Crippen molar-refractivity contribution in [3.8, 4) is 11.1 Å². The van der Waals surface area contributed by atoms with Gasteiger partial charge in [-0.3, -0.25) is 0 Å². The smallest absolute Gasteiger partial charge is 0.155 e. The van der Waals surface area contributed by atoms with Crippen LogP contribution in [0.5, 0.6) is 0 Å². The van der Waals surface area contributed by atoms with Crippen LogP contribution in [0.15, 0.2) is 61.1 Å². The Labute approximate surface area is 173 Å². The zero-order valence-corrected chi connectivity index (χ0v) is 16.8. The second-order valence-electron chi connectivity index (χ2n) is 7.32. The van der Waals surface area contributed by atoms with Crippen LogP contribution in [0.3, 0.4) is 0 Å². The molecule has 0 spiro atoms. The highest BCUT2D eigenvalue weighted by molar-refractivity contribution is 6.42. The van der Waals surface area contributed by atoms with Gasteiger partial charge in [0.05, 0.1) is 10.0 Å². The van der Waals surface area contributed by atoms with Gasteiger partial charge in [0, 0.05) is 30.8 Å². The van der Waals surface area contributed by atoms with Crippen molar-refractivity contribution in [3.05, 3.63) is 87.8 Å². The van der Waals surface area contributed by atoms with E-state index in [1.54, 1.807) is 10.8 Å². The first-order chi connectivity index (χ1) is 13.6. The minimum Gasteiger partial charge on any atom is -0.301 e. The topological polar surface area (TPSA) is 33.4 Å². The van der Waals surface area contributed by atoms with E-state index in [0.29, 0.717) is 10.0 Å². The fourth-order valence-corrected chi connectivity index (χ4v) is 4.34. The molecule has 1 atom stereocenters. The van der Waals surface area contributed by atoms with Gasteiger partial charge in [-0.1, -0.05) is 41.4 Å². The highest BCUT2D eigenvalue weighted by Crippen LogP contribution is 2.37. The predicted molar refractivity (Wildman–Crippen MR) is 113 cm³/mol. The lowest BCUT2D eigenvalue weighted by Gasteiger charge is -2.33. The molecule has 2 aromatic heterocycles. The van der Waals surface area contributed by atoms with Crippen molar-refractivity contribution in [2.45, 2.75) is 12.5 Å². The third kappa shape index (κ3) is 3.08. The van der Waals surface area contributed by atoms with Crippen LogP contribution in [0.2, 0.25) is 10.0 Å². The molecule has 4 aromatic rings. The van der Waals surface area contributed by atoms with E-state index in [1.807, 2.05) is 24.4 Å². The van der Waals surface area contributed by atoms with E-state index in [9.17, 15) is 0 Å². The van der Waals surface area contributed by atoms with E-state index in [4.69, 9.17) is 23.2 Å². The Hall–Kier alpha value is -2.40. The lowest BCUT2D eigenvalue weighted by molar-refractivity contribution is 0.295. The number of fused-ring (bicyclic) bond motifs is 2. The summed E-state index contributed by atoms with van der Waals surface area (Å²) in [5.41, 5.74) is 7.03. The van der Waals surface area contributed by atoms with Crippen LogP contribution in [-0.4, -0.2) is 33.1 Å². The normalized spacial score (nSPS) is 17.0. The standard InChI is InChI=1S/C22H18Cl2N4/c1-27-10-17-8-14(16-4-7-22-25-13-26-28(22)11-16)2-5-18(17)19(12-27)15-3-6-20(23)21(24)9-15/h2-9,11,13,19H,10,12H2,1H3. The van der Waals surface area contributed by atoms with Crippen LogP contribution in [0.4, 0.5) is 0 Å². The van der Waals surface area contributed by atoms with Crippen LogP contribution in [0, 0.1) is 0 Å². The SMILES string of the molecule is CN1Cc2cc(-c3ccc4ncnn4c3)ccc2C(c2ccc(Cl)c(Cl)c2)C1. The number of rotatable bonds is 2. The number of benzene rings is 2. The number of halogens is 2. The minimum absolute atomic E-state index is 0.273. The van der Waals surface area contributed by atoms with Gasteiger partial charge >= 0.3 is 0 Å². The maximum absolute atomic E-state index is 6.28. The Morgan fingerprint density at radius 1 is 0.964 bits per heavy atom. The van der Waals surface area contributed by atoms with Crippen molar-refractivity contribution in [2.75, 3.05) is 13.6 Å². The summed E-state index contributed by atoms with van der Waals surface area (Å²) in [5.74, 6) is 0.273. The Morgan fingerprint density at radius 2 is 1.82 bits per heavy atom. The highest BCUT2D eigenvalue weighted by atomic mass is 35.5. The average molecular weight is 409 g/mol. The zero-order chi connectivity index (χ0) is 19.3. The minimum atomic E-state index is 0.273. The van der Waals surface area contributed by atoms with Gasteiger partial charge in [-0.25, -0.2) is 9.50 Å². The maximum Gasteiger partial charge on any atom is 0.155 e. The number of pyridine rings is 1. The molecule has 0 saturated carbocycles. The molecule has 1 unspecified atom stereocenters. The van der Waals surface area contributed by atoms with Gasteiger partial charge in [0.15, 0.2) is 5.65 Å². The van der Waals surface area contributed by atoms with E-state index < -0.39 is 0 Å². The zero-order valence-electron chi connectivity index (χ0n) is 15.3. The van der Waals surface area contributed by atoms with E-state index in [-0.39, 0.29) is 5.92 Å². The molecule has 0 amide bonds. The van der Waals surface area contributed by atoms with Gasteiger partial charge in [0.25, 0.3) is 0 Å². The largest absolute Gasteiger partial charge is 0.301 e. The molecule has 140 valence electrons. The van der Waals surface area contributed by atoms with Gasteiger partial charge in [-0.15, -0.1) is 0 Å². The highest BCUT2D eigenvalue weighted by Gasteiger charge is 2.25.